The molecule has 0 radical (unpaired) electrons. The van der Waals surface area contributed by atoms with Gasteiger partial charge in [0.1, 0.15) is 17.9 Å². The zero-order valence-electron chi connectivity index (χ0n) is 25.5. The molecule has 0 aromatic heterocycles. The maximum atomic E-state index is 14.4. The van der Waals surface area contributed by atoms with Crippen molar-refractivity contribution in [2.45, 2.75) is 28.1 Å². The van der Waals surface area contributed by atoms with Crippen LogP contribution < -0.4 is 9.64 Å². The standard InChI is InChI=1S/C39H34N2O3S2/c1-40-32(27-45-35-20-12-11-19-34(35)40)26-44-33-23-21-28(22-24-33)25-36-37(42)41(38(43)46-36)39(29-13-5-2-6-14-29,30-15-7-3-8-16-30)31-17-9-4-10-18-31/h2-24,32,36H,25-27H2,1H3. The lowest BCUT2D eigenvalue weighted by atomic mass is 9.75. The number of fused-ring (bicyclic) bond motifs is 1. The van der Waals surface area contributed by atoms with Crippen LogP contribution in [0, 0.1) is 0 Å². The number of amides is 2. The van der Waals surface area contributed by atoms with Gasteiger partial charge in [0, 0.05) is 17.7 Å². The number of nitrogens with zero attached hydrogens (tertiary/aromatic N) is 2. The number of ether oxygens (including phenoxy) is 1. The molecule has 2 amide bonds. The second kappa shape index (κ2) is 13.1. The van der Waals surface area contributed by atoms with Gasteiger partial charge in [-0.2, -0.15) is 0 Å². The van der Waals surface area contributed by atoms with Crippen molar-refractivity contribution in [3.8, 4) is 5.75 Å². The quantitative estimate of drug-likeness (QED) is 0.151. The number of anilines is 1. The van der Waals surface area contributed by atoms with Crippen molar-refractivity contribution in [1.29, 1.82) is 0 Å². The third-order valence-corrected chi connectivity index (χ3v) is 11.1. The Morgan fingerprint density at radius 2 is 1.26 bits per heavy atom. The van der Waals surface area contributed by atoms with E-state index in [1.54, 1.807) is 0 Å². The molecular weight excluding hydrogens is 609 g/mol. The first-order valence-corrected chi connectivity index (χ1v) is 17.3. The minimum Gasteiger partial charge on any atom is -0.491 e. The fraction of sp³-hybridized carbons (Fsp3) is 0.179. The van der Waals surface area contributed by atoms with Gasteiger partial charge in [-0.05, 0) is 52.9 Å². The summed E-state index contributed by atoms with van der Waals surface area (Å²) in [6.45, 7) is 0.581. The lowest BCUT2D eigenvalue weighted by Crippen LogP contribution is -2.51. The molecule has 46 heavy (non-hydrogen) atoms. The molecule has 5 aromatic carbocycles. The number of hydrogen-bond donors (Lipinski definition) is 0. The fourth-order valence-corrected chi connectivity index (χ4v) is 8.75. The van der Waals surface area contributed by atoms with Crippen LogP contribution in [0.1, 0.15) is 22.3 Å². The maximum Gasteiger partial charge on any atom is 0.290 e. The van der Waals surface area contributed by atoms with Crippen molar-refractivity contribution in [2.75, 3.05) is 24.3 Å². The minimum absolute atomic E-state index is 0.190. The highest BCUT2D eigenvalue weighted by atomic mass is 32.2. The van der Waals surface area contributed by atoms with Crippen molar-refractivity contribution < 1.29 is 14.3 Å². The van der Waals surface area contributed by atoms with Gasteiger partial charge < -0.3 is 9.64 Å². The number of imide groups is 1. The van der Waals surface area contributed by atoms with Crippen LogP contribution in [0.4, 0.5) is 10.5 Å². The molecule has 7 heteroatoms. The highest BCUT2D eigenvalue weighted by Gasteiger charge is 2.53. The van der Waals surface area contributed by atoms with Crippen LogP contribution in [0.15, 0.2) is 144 Å². The molecule has 230 valence electrons. The first-order chi connectivity index (χ1) is 22.6. The second-order valence-corrected chi connectivity index (χ2v) is 13.8. The van der Waals surface area contributed by atoms with Gasteiger partial charge in [-0.3, -0.25) is 14.5 Å². The van der Waals surface area contributed by atoms with E-state index in [2.05, 4.69) is 36.2 Å². The van der Waals surface area contributed by atoms with E-state index >= 15 is 0 Å². The molecule has 2 atom stereocenters. The Balaban J connectivity index is 1.12. The molecular formula is C39H34N2O3S2. The molecule has 2 aliphatic rings. The van der Waals surface area contributed by atoms with Crippen molar-refractivity contribution in [1.82, 2.24) is 4.90 Å². The number of hydrogen-bond acceptors (Lipinski definition) is 6. The summed E-state index contributed by atoms with van der Waals surface area (Å²) >= 11 is 2.98. The van der Waals surface area contributed by atoms with Crippen LogP contribution in [0.5, 0.6) is 5.75 Å². The van der Waals surface area contributed by atoms with Gasteiger partial charge in [-0.15, -0.1) is 11.8 Å². The molecule has 1 fully saturated rings. The van der Waals surface area contributed by atoms with Crippen molar-refractivity contribution in [2.24, 2.45) is 0 Å². The Labute approximate surface area is 278 Å². The Morgan fingerprint density at radius 3 is 1.85 bits per heavy atom. The molecule has 0 saturated carbocycles. The number of benzene rings is 5. The number of carbonyl (C=O) groups is 2. The van der Waals surface area contributed by atoms with E-state index in [1.807, 2.05) is 127 Å². The molecule has 0 N–H and O–H groups in total. The van der Waals surface area contributed by atoms with Gasteiger partial charge in [-0.1, -0.05) is 127 Å². The summed E-state index contributed by atoms with van der Waals surface area (Å²) < 4.78 is 6.21. The summed E-state index contributed by atoms with van der Waals surface area (Å²) in [5.74, 6) is 1.57. The molecule has 1 saturated heterocycles. The summed E-state index contributed by atoms with van der Waals surface area (Å²) in [4.78, 5) is 33.5. The van der Waals surface area contributed by atoms with E-state index in [0.29, 0.717) is 13.0 Å². The van der Waals surface area contributed by atoms with Gasteiger partial charge in [0.2, 0.25) is 5.91 Å². The molecule has 7 rings (SSSR count). The van der Waals surface area contributed by atoms with Crippen molar-refractivity contribution in [3.05, 3.63) is 162 Å². The van der Waals surface area contributed by atoms with E-state index in [9.17, 15) is 9.59 Å². The van der Waals surface area contributed by atoms with E-state index in [0.717, 1.165) is 45.5 Å². The van der Waals surface area contributed by atoms with Crippen LogP contribution >= 0.6 is 23.5 Å². The average molecular weight is 643 g/mol. The molecule has 2 heterocycles. The van der Waals surface area contributed by atoms with Gasteiger partial charge >= 0.3 is 0 Å². The summed E-state index contributed by atoms with van der Waals surface area (Å²) in [6.07, 6.45) is 0.444. The highest BCUT2D eigenvalue weighted by molar-refractivity contribution is 8.15. The maximum absolute atomic E-state index is 14.4. The highest BCUT2D eigenvalue weighted by Crippen LogP contribution is 2.48. The lowest BCUT2D eigenvalue weighted by molar-refractivity contribution is -0.129. The van der Waals surface area contributed by atoms with E-state index in [1.165, 1.54) is 15.5 Å². The van der Waals surface area contributed by atoms with Crippen LogP contribution in [-0.4, -0.2) is 46.7 Å². The molecule has 2 unspecified atom stereocenters. The first kappa shape index (κ1) is 30.2. The summed E-state index contributed by atoms with van der Waals surface area (Å²) in [5.41, 5.74) is 3.70. The molecule has 0 spiro atoms. The summed E-state index contributed by atoms with van der Waals surface area (Å²) in [5, 5.41) is -0.787. The zero-order chi connectivity index (χ0) is 31.5. The Bertz CT molecular complexity index is 1720. The van der Waals surface area contributed by atoms with Crippen molar-refractivity contribution >= 4 is 40.4 Å². The van der Waals surface area contributed by atoms with E-state index < -0.39 is 10.8 Å². The zero-order valence-corrected chi connectivity index (χ0v) is 27.1. The summed E-state index contributed by atoms with van der Waals surface area (Å²) in [6, 6.07) is 46.3. The topological polar surface area (TPSA) is 49.9 Å². The normalized spacial score (nSPS) is 18.0. The predicted molar refractivity (Wildman–Crippen MR) is 188 cm³/mol. The Kier molecular flexibility index (Phi) is 8.61. The molecule has 5 nitrogen and oxygen atoms in total. The predicted octanol–water partition coefficient (Wildman–Crippen LogP) is 8.27. The molecule has 2 aliphatic heterocycles. The second-order valence-electron chi connectivity index (χ2n) is 11.6. The first-order valence-electron chi connectivity index (χ1n) is 15.4. The molecule has 0 aliphatic carbocycles. The van der Waals surface area contributed by atoms with Crippen molar-refractivity contribution in [3.63, 3.8) is 0 Å². The van der Waals surface area contributed by atoms with Gasteiger partial charge in [0.15, 0.2) is 0 Å². The number of likely N-dealkylation sites (N-methyl/N-ethyl adjacent to an activating group) is 1. The minimum atomic E-state index is -1.11. The average Bonchev–Trinajstić information content (AvgIpc) is 3.39. The third kappa shape index (κ3) is 5.59. The smallest absolute Gasteiger partial charge is 0.290 e. The van der Waals surface area contributed by atoms with Gasteiger partial charge in [0.25, 0.3) is 5.24 Å². The van der Waals surface area contributed by atoms with Crippen LogP contribution in [0.2, 0.25) is 0 Å². The number of rotatable bonds is 9. The fourth-order valence-electron chi connectivity index (χ4n) is 6.47. The van der Waals surface area contributed by atoms with E-state index in [4.69, 9.17) is 4.74 Å². The third-order valence-electron chi connectivity index (χ3n) is 8.84. The van der Waals surface area contributed by atoms with Gasteiger partial charge in [0.05, 0.1) is 17.0 Å². The van der Waals surface area contributed by atoms with E-state index in [-0.39, 0.29) is 17.2 Å². The van der Waals surface area contributed by atoms with Crippen LogP contribution in [0.25, 0.3) is 0 Å². The van der Waals surface area contributed by atoms with Gasteiger partial charge in [-0.25, -0.2) is 0 Å². The lowest BCUT2D eigenvalue weighted by Gasteiger charge is -2.42. The number of para-hydroxylation sites is 1. The van der Waals surface area contributed by atoms with Crippen LogP contribution in [-0.2, 0) is 16.8 Å². The molecule has 5 aromatic rings. The number of carbonyl (C=O) groups excluding carboxylic acids is 2. The summed E-state index contributed by atoms with van der Waals surface area (Å²) in [7, 11) is 2.12. The molecule has 0 bridgehead atoms. The monoisotopic (exact) mass is 642 g/mol. The Hall–Kier alpha value is -4.46. The number of thioether (sulfide) groups is 2. The SMILES string of the molecule is CN1c2ccccc2SCC1COc1ccc(CC2SC(=O)N(C(c3ccccc3)(c3ccccc3)c3ccccc3)C2=O)cc1. The van der Waals surface area contributed by atoms with Crippen LogP contribution in [0.3, 0.4) is 0 Å². The largest absolute Gasteiger partial charge is 0.491 e. The Morgan fingerprint density at radius 1 is 0.717 bits per heavy atom.